The molecule has 37 heavy (non-hydrogen) atoms. The Morgan fingerprint density at radius 1 is 1.19 bits per heavy atom. The van der Waals surface area contributed by atoms with Crippen LogP contribution in [0, 0.1) is 5.82 Å². The quantitative estimate of drug-likeness (QED) is 0.430. The number of hydrogen-bond donors (Lipinski definition) is 0. The van der Waals surface area contributed by atoms with E-state index < -0.39 is 18.1 Å². The molecular weight excluding hydrogens is 511 g/mol. The van der Waals surface area contributed by atoms with Gasteiger partial charge in [-0.3, -0.25) is 9.69 Å². The predicted octanol–water partition coefficient (Wildman–Crippen LogP) is 4.48. The molecule has 0 saturated carbocycles. The number of para-hydroxylation sites is 1. The van der Waals surface area contributed by atoms with Crippen molar-refractivity contribution in [2.75, 3.05) is 43.7 Å². The van der Waals surface area contributed by atoms with Crippen LogP contribution >= 0.6 is 0 Å². The maximum Gasteiger partial charge on any atom is 0.324 e. The Hall–Kier alpha value is -3.58. The third-order valence-corrected chi connectivity index (χ3v) is 6.90. The number of methoxy groups -OCH3 is 1. The van der Waals surface area contributed by atoms with Gasteiger partial charge in [-0.05, 0) is 24.3 Å². The summed E-state index contributed by atoms with van der Waals surface area (Å²) in [5, 5.41) is 6.78. The second-order valence-electron chi connectivity index (χ2n) is 7.73. The fourth-order valence-electron chi connectivity index (χ4n) is 3.47. The lowest BCUT2D eigenvalue weighted by Crippen LogP contribution is -2.48. The molecule has 2 heterocycles. The van der Waals surface area contributed by atoms with Gasteiger partial charge < -0.3 is 14.1 Å². The Morgan fingerprint density at radius 3 is 2.43 bits per heavy atom. The Bertz CT molecular complexity index is 1220. The van der Waals surface area contributed by atoms with Crippen molar-refractivity contribution in [3.63, 3.8) is 0 Å². The number of carbonyl (C=O) groups is 2. The van der Waals surface area contributed by atoms with Crippen LogP contribution in [0.1, 0.15) is 17.9 Å². The van der Waals surface area contributed by atoms with Crippen LogP contribution in [0.2, 0.25) is 0 Å². The van der Waals surface area contributed by atoms with Crippen molar-refractivity contribution in [3.05, 3.63) is 65.8 Å². The number of nitrogens with zero attached hydrogens (tertiary/aromatic N) is 5. The summed E-state index contributed by atoms with van der Waals surface area (Å²) in [5.41, 5.74) is 0.971. The summed E-state index contributed by atoms with van der Waals surface area (Å²) in [6.07, 6.45) is -2.38. The Morgan fingerprint density at radius 2 is 1.86 bits per heavy atom. The van der Waals surface area contributed by atoms with Crippen LogP contribution in [0.5, 0.6) is 0 Å². The molecule has 0 aliphatic carbocycles. The van der Waals surface area contributed by atoms with E-state index in [1.54, 1.807) is 43.4 Å². The number of carbonyl (C=O) groups excluding carboxylic acids is 2. The minimum atomic E-state index is -2.92. The van der Waals surface area contributed by atoms with Gasteiger partial charge in [0.25, 0.3) is 5.89 Å². The summed E-state index contributed by atoms with van der Waals surface area (Å²) in [4.78, 5) is 27.1. The highest BCUT2D eigenvalue weighted by molar-refractivity contribution is 7.87. The molecule has 198 valence electrons. The van der Waals surface area contributed by atoms with E-state index in [0.29, 0.717) is 36.7 Å². The lowest BCUT2D eigenvalue weighted by Gasteiger charge is -2.33. The fourth-order valence-corrected chi connectivity index (χ4v) is 4.87. The van der Waals surface area contributed by atoms with Gasteiger partial charge >= 0.3 is 12.5 Å². The van der Waals surface area contributed by atoms with Crippen LogP contribution in [-0.4, -0.2) is 66.4 Å². The van der Waals surface area contributed by atoms with Gasteiger partial charge in [-0.15, -0.1) is 10.2 Å². The Kier molecular flexibility index (Phi) is 10.3. The molecule has 3 aromatic rings. The molecule has 13 heteroatoms. The first-order valence-electron chi connectivity index (χ1n) is 11.1. The molecule has 4 rings (SSSR count). The van der Waals surface area contributed by atoms with E-state index in [-0.39, 0.29) is 40.3 Å². The molecule has 9 nitrogen and oxygen atoms in total. The molecule has 0 atom stereocenters. The molecule has 0 N–H and O–H groups in total. The molecule has 1 aliphatic heterocycles. The molecule has 3 amide bonds. The third-order valence-electron chi connectivity index (χ3n) is 5.21. The van der Waals surface area contributed by atoms with Crippen molar-refractivity contribution in [3.8, 4) is 11.5 Å². The Labute approximate surface area is 214 Å². The summed E-state index contributed by atoms with van der Waals surface area (Å²) in [6, 6.07) is 12.6. The number of hydrogen-bond acceptors (Lipinski definition) is 6. The predicted molar refractivity (Wildman–Crippen MR) is 133 cm³/mol. The maximum atomic E-state index is 15.0. The monoisotopic (exact) mass is 537 g/mol. The van der Waals surface area contributed by atoms with E-state index in [1.165, 1.54) is 17.0 Å². The molecule has 0 unspecified atom stereocenters. The smallest absolute Gasteiger partial charge is 0.324 e. The van der Waals surface area contributed by atoms with Gasteiger partial charge in [-0.2, -0.15) is 13.1 Å². The summed E-state index contributed by atoms with van der Waals surface area (Å²) >= 11 is 0. The van der Waals surface area contributed by atoms with Crippen LogP contribution in [-0.2, 0) is 26.8 Å². The standard InChI is InChI=1S/C22H20F3N5O3S.C2H6O/c23-18-12-15(20-27-28-21(33-20)19(24)25)6-7-16(18)13-30(17-4-2-1-3-5-17)22(32)29-8-10-34(11-9-29)26-14-31;1-3-2/h1-7,12,14,19H,8-11,13H2;1-2H3. The topological polar surface area (TPSA) is 101 Å². The van der Waals surface area contributed by atoms with Gasteiger partial charge in [0.2, 0.25) is 12.3 Å². The lowest BCUT2D eigenvalue weighted by molar-refractivity contribution is -0.106. The highest BCUT2D eigenvalue weighted by atomic mass is 32.2. The zero-order valence-corrected chi connectivity index (χ0v) is 21.0. The van der Waals surface area contributed by atoms with Gasteiger partial charge in [0, 0.05) is 55.6 Å². The van der Waals surface area contributed by atoms with E-state index in [9.17, 15) is 22.8 Å². The van der Waals surface area contributed by atoms with Gasteiger partial charge in [0.05, 0.1) is 6.54 Å². The normalized spacial score (nSPS) is 13.6. The molecular formula is C24H26F3N5O4S. The number of rotatable bonds is 6. The zero-order chi connectivity index (χ0) is 26.8. The van der Waals surface area contributed by atoms with E-state index in [0.717, 1.165) is 6.07 Å². The molecule has 0 spiro atoms. The lowest BCUT2D eigenvalue weighted by atomic mass is 10.1. The molecule has 2 aromatic carbocycles. The van der Waals surface area contributed by atoms with E-state index in [2.05, 4.69) is 19.3 Å². The zero-order valence-electron chi connectivity index (χ0n) is 20.2. The largest absolute Gasteiger partial charge is 0.415 e. The number of anilines is 1. The number of halogens is 3. The van der Waals surface area contributed by atoms with E-state index in [4.69, 9.17) is 4.42 Å². The van der Waals surface area contributed by atoms with Crippen LogP contribution in [0.25, 0.3) is 11.5 Å². The second kappa shape index (κ2) is 13.7. The number of amides is 3. The minimum Gasteiger partial charge on any atom is -0.415 e. The summed E-state index contributed by atoms with van der Waals surface area (Å²) in [7, 11) is 2.86. The Balaban J connectivity index is 0.00000121. The van der Waals surface area contributed by atoms with Crippen molar-refractivity contribution < 1.29 is 31.9 Å². The fraction of sp³-hybridized carbons (Fsp3) is 0.333. The van der Waals surface area contributed by atoms with E-state index in [1.807, 2.05) is 6.07 Å². The van der Waals surface area contributed by atoms with Crippen molar-refractivity contribution >= 4 is 28.8 Å². The second-order valence-corrected chi connectivity index (χ2v) is 9.69. The first-order valence-corrected chi connectivity index (χ1v) is 12.6. The third kappa shape index (κ3) is 7.46. The average molecular weight is 538 g/mol. The summed E-state index contributed by atoms with van der Waals surface area (Å²) in [6.45, 7) is 0.823. The van der Waals surface area contributed by atoms with Crippen molar-refractivity contribution in [1.82, 2.24) is 15.1 Å². The molecule has 1 fully saturated rings. The molecule has 1 aliphatic rings. The van der Waals surface area contributed by atoms with Crippen molar-refractivity contribution in [2.24, 2.45) is 4.36 Å². The van der Waals surface area contributed by atoms with Crippen molar-refractivity contribution in [2.45, 2.75) is 13.0 Å². The van der Waals surface area contributed by atoms with Crippen LogP contribution in [0.3, 0.4) is 0 Å². The number of benzene rings is 2. The first kappa shape index (κ1) is 28.0. The highest BCUT2D eigenvalue weighted by Gasteiger charge is 2.26. The molecule has 0 radical (unpaired) electrons. The van der Waals surface area contributed by atoms with Gasteiger partial charge in [-0.1, -0.05) is 35.0 Å². The molecule has 1 saturated heterocycles. The average Bonchev–Trinajstić information content (AvgIpc) is 3.40. The minimum absolute atomic E-state index is 0.0536. The maximum absolute atomic E-state index is 15.0. The molecule has 0 bridgehead atoms. The highest BCUT2D eigenvalue weighted by Crippen LogP contribution is 2.26. The first-order chi connectivity index (χ1) is 17.9. The van der Waals surface area contributed by atoms with Gasteiger partial charge in [-0.25, -0.2) is 9.18 Å². The van der Waals surface area contributed by atoms with Crippen molar-refractivity contribution in [1.29, 1.82) is 0 Å². The van der Waals surface area contributed by atoms with Crippen LogP contribution in [0.15, 0.2) is 57.3 Å². The summed E-state index contributed by atoms with van der Waals surface area (Å²) in [5.74, 6) is -0.512. The number of ether oxygens (including phenoxy) is 1. The number of urea groups is 1. The molecule has 1 aromatic heterocycles. The SMILES string of the molecule is COC.O=CN=S1CCN(C(=O)N(Cc2ccc(-c3nnc(C(F)F)o3)cc2F)c2ccccc2)CC1. The number of alkyl halides is 2. The van der Waals surface area contributed by atoms with Crippen LogP contribution < -0.4 is 4.90 Å². The van der Waals surface area contributed by atoms with Gasteiger partial charge in [0.1, 0.15) is 5.82 Å². The number of aromatic nitrogens is 2. The van der Waals surface area contributed by atoms with Crippen LogP contribution in [0.4, 0.5) is 23.7 Å². The van der Waals surface area contributed by atoms with E-state index >= 15 is 0 Å². The summed E-state index contributed by atoms with van der Waals surface area (Å²) < 4.78 is 53.4. The van der Waals surface area contributed by atoms with Gasteiger partial charge in [0.15, 0.2) is 0 Å².